The number of benzene rings is 8. The molecule has 8 aromatic rings. The summed E-state index contributed by atoms with van der Waals surface area (Å²) < 4.78 is 0. The number of rotatable bonds is 6. The van der Waals surface area contributed by atoms with Crippen molar-refractivity contribution < 1.29 is 0 Å². The maximum atomic E-state index is 2.54. The molecule has 2 saturated carbocycles. The summed E-state index contributed by atoms with van der Waals surface area (Å²) in [6, 6.07) is 69.3. The summed E-state index contributed by atoms with van der Waals surface area (Å²) in [5.41, 5.74) is 22.9. The number of aryl methyl sites for hydroxylation is 2. The molecule has 1 heteroatoms. The predicted molar refractivity (Wildman–Crippen MR) is 246 cm³/mol. The third kappa shape index (κ3) is 5.17. The second kappa shape index (κ2) is 13.3. The van der Waals surface area contributed by atoms with Crippen molar-refractivity contribution in [3.8, 4) is 44.5 Å². The molecule has 0 amide bonds. The first kappa shape index (κ1) is 34.6. The molecule has 0 radical (unpaired) electrons. The maximum Gasteiger partial charge on any atom is 0.0726 e. The van der Waals surface area contributed by atoms with Gasteiger partial charge in [-0.2, -0.15) is 0 Å². The molecule has 0 aromatic heterocycles. The molecule has 4 aliphatic rings. The third-order valence-corrected chi connectivity index (χ3v) is 14.5. The number of hydrogen-bond donors (Lipinski definition) is 0. The quantitative estimate of drug-likeness (QED) is 0.163. The van der Waals surface area contributed by atoms with E-state index in [1.807, 2.05) is 0 Å². The Labute approximate surface area is 348 Å². The lowest BCUT2D eigenvalue weighted by Gasteiger charge is -2.33. The van der Waals surface area contributed by atoms with E-state index in [1.54, 1.807) is 0 Å². The van der Waals surface area contributed by atoms with Crippen molar-refractivity contribution in [2.75, 3.05) is 4.90 Å². The molecular formula is C58H47N. The molecule has 3 atom stereocenters. The number of nitrogens with zero attached hydrogens (tertiary/aromatic N) is 1. The van der Waals surface area contributed by atoms with Crippen LogP contribution in [-0.4, -0.2) is 0 Å². The average Bonchev–Trinajstić information content (AvgIpc) is 4.06. The molecule has 0 saturated heterocycles. The second-order valence-electron chi connectivity index (χ2n) is 17.8. The summed E-state index contributed by atoms with van der Waals surface area (Å²) in [6.45, 7) is 4.49. The van der Waals surface area contributed by atoms with Gasteiger partial charge < -0.3 is 4.90 Å². The van der Waals surface area contributed by atoms with Crippen LogP contribution in [0.5, 0.6) is 0 Å². The van der Waals surface area contributed by atoms with Gasteiger partial charge in [-0.3, -0.25) is 0 Å². The van der Waals surface area contributed by atoms with E-state index in [9.17, 15) is 0 Å². The van der Waals surface area contributed by atoms with Crippen molar-refractivity contribution in [3.05, 3.63) is 221 Å². The van der Waals surface area contributed by atoms with Crippen LogP contribution in [0.15, 0.2) is 182 Å². The van der Waals surface area contributed by atoms with Gasteiger partial charge in [0.05, 0.1) is 11.1 Å². The van der Waals surface area contributed by atoms with Crippen molar-refractivity contribution in [2.45, 2.75) is 50.9 Å². The molecule has 0 N–H and O–H groups in total. The predicted octanol–water partition coefficient (Wildman–Crippen LogP) is 15.4. The Morgan fingerprint density at radius 2 is 0.983 bits per heavy atom. The van der Waals surface area contributed by atoms with E-state index in [0.29, 0.717) is 5.92 Å². The molecule has 1 nitrogen and oxygen atoms in total. The van der Waals surface area contributed by atoms with Gasteiger partial charge in [-0.05, 0) is 148 Å². The molecule has 0 heterocycles. The third-order valence-electron chi connectivity index (χ3n) is 14.5. The molecular weight excluding hydrogens is 711 g/mol. The summed E-state index contributed by atoms with van der Waals surface area (Å²) in [6.07, 6.45) is 5.58. The van der Waals surface area contributed by atoms with Crippen molar-refractivity contribution >= 4 is 17.1 Å². The monoisotopic (exact) mass is 757 g/mol. The number of hydrogen-bond acceptors (Lipinski definition) is 1. The standard InChI is InChI=1S/C58H47N/c1-37-20-29-48-49-30-21-38(2)33-55(49)58(54(48)32-37)53-18-10-8-16-47(53)50-31-28-44(36-56(50)58)59(43-26-24-41(25-27-43)52-35-39-22-23-42(52)34-39)57-19-11-9-17-51(57)46-15-7-6-14-45(46)40-12-4-3-5-13-40/h3-21,24-33,36,39,42,52H,22-23,34-35H2,1-2H3. The van der Waals surface area contributed by atoms with Gasteiger partial charge in [-0.1, -0.05) is 169 Å². The molecule has 8 aromatic carbocycles. The SMILES string of the molecule is Cc1ccc2c(c1)C1(c3ccccc3-c3ccc(N(c4ccc(C5CC6CCC5C6)cc4)c4ccccc4-c4ccccc4-c4ccccc4)cc31)c1cc(C)ccc1-2. The average molecular weight is 758 g/mol. The fourth-order valence-corrected chi connectivity index (χ4v) is 12.0. The van der Waals surface area contributed by atoms with E-state index >= 15 is 0 Å². The molecule has 3 unspecified atom stereocenters. The van der Waals surface area contributed by atoms with Crippen molar-refractivity contribution in [1.29, 1.82) is 0 Å². The van der Waals surface area contributed by atoms with Gasteiger partial charge in [0.2, 0.25) is 0 Å². The van der Waals surface area contributed by atoms with E-state index < -0.39 is 5.41 Å². The van der Waals surface area contributed by atoms with Crippen LogP contribution >= 0.6 is 0 Å². The van der Waals surface area contributed by atoms with E-state index in [2.05, 4.69) is 201 Å². The summed E-state index contributed by atoms with van der Waals surface area (Å²) >= 11 is 0. The zero-order valence-corrected chi connectivity index (χ0v) is 33.8. The largest absolute Gasteiger partial charge is 0.310 e. The number of para-hydroxylation sites is 1. The first-order chi connectivity index (χ1) is 29.1. The minimum absolute atomic E-state index is 0.429. The van der Waals surface area contributed by atoms with Crippen LogP contribution in [0.3, 0.4) is 0 Å². The Hall–Kier alpha value is -6.44. The fraction of sp³-hybridized carbons (Fsp3) is 0.172. The van der Waals surface area contributed by atoms with Gasteiger partial charge in [0, 0.05) is 16.9 Å². The lowest BCUT2D eigenvalue weighted by molar-refractivity contribution is 0.420. The van der Waals surface area contributed by atoms with Crippen LogP contribution in [-0.2, 0) is 5.41 Å². The van der Waals surface area contributed by atoms with Crippen LogP contribution < -0.4 is 4.90 Å². The van der Waals surface area contributed by atoms with Gasteiger partial charge in [-0.25, -0.2) is 0 Å². The molecule has 59 heavy (non-hydrogen) atoms. The normalized spacial score (nSPS) is 18.7. The van der Waals surface area contributed by atoms with Gasteiger partial charge in [0.25, 0.3) is 0 Å². The lowest BCUT2D eigenvalue weighted by atomic mass is 9.70. The highest BCUT2D eigenvalue weighted by atomic mass is 15.1. The Bertz CT molecular complexity index is 2880. The Morgan fingerprint density at radius 1 is 0.424 bits per heavy atom. The maximum absolute atomic E-state index is 2.54. The Kier molecular flexibility index (Phi) is 7.80. The smallest absolute Gasteiger partial charge is 0.0726 e. The molecule has 1 spiro atoms. The molecule has 0 aliphatic heterocycles. The van der Waals surface area contributed by atoms with Crippen molar-refractivity contribution in [2.24, 2.45) is 11.8 Å². The van der Waals surface area contributed by atoms with Gasteiger partial charge in [0.15, 0.2) is 0 Å². The zero-order valence-electron chi connectivity index (χ0n) is 33.8. The Morgan fingerprint density at radius 3 is 1.66 bits per heavy atom. The summed E-state index contributed by atoms with van der Waals surface area (Å²) in [7, 11) is 0. The van der Waals surface area contributed by atoms with Crippen LogP contribution in [0.2, 0.25) is 0 Å². The highest BCUT2D eigenvalue weighted by Crippen LogP contribution is 2.64. The molecule has 2 fully saturated rings. The van der Waals surface area contributed by atoms with E-state index in [4.69, 9.17) is 0 Å². The molecule has 284 valence electrons. The summed E-state index contributed by atoms with van der Waals surface area (Å²) in [5.74, 6) is 2.45. The van der Waals surface area contributed by atoms with Gasteiger partial charge in [-0.15, -0.1) is 0 Å². The second-order valence-corrected chi connectivity index (χ2v) is 17.8. The van der Waals surface area contributed by atoms with Crippen LogP contribution in [0.4, 0.5) is 17.1 Å². The molecule has 12 rings (SSSR count). The zero-order chi connectivity index (χ0) is 39.2. The van der Waals surface area contributed by atoms with Crippen LogP contribution in [0.25, 0.3) is 44.5 Å². The van der Waals surface area contributed by atoms with Crippen LogP contribution in [0, 0.1) is 25.7 Å². The minimum Gasteiger partial charge on any atom is -0.310 e. The van der Waals surface area contributed by atoms with Crippen molar-refractivity contribution in [3.63, 3.8) is 0 Å². The Balaban J connectivity index is 1.10. The van der Waals surface area contributed by atoms with Crippen molar-refractivity contribution in [1.82, 2.24) is 0 Å². The topological polar surface area (TPSA) is 3.24 Å². The molecule has 2 bridgehead atoms. The first-order valence-electron chi connectivity index (χ1n) is 21.7. The first-order valence-corrected chi connectivity index (χ1v) is 21.7. The van der Waals surface area contributed by atoms with E-state index in [-0.39, 0.29) is 0 Å². The number of fused-ring (bicyclic) bond motifs is 12. The van der Waals surface area contributed by atoms with Gasteiger partial charge in [0.1, 0.15) is 0 Å². The van der Waals surface area contributed by atoms with E-state index in [1.165, 1.54) is 126 Å². The lowest BCUT2D eigenvalue weighted by Crippen LogP contribution is -2.26. The van der Waals surface area contributed by atoms with Gasteiger partial charge >= 0.3 is 0 Å². The van der Waals surface area contributed by atoms with Crippen LogP contribution in [0.1, 0.15) is 70.5 Å². The van der Waals surface area contributed by atoms with E-state index in [0.717, 1.165) is 11.8 Å². The fourth-order valence-electron chi connectivity index (χ4n) is 12.0. The number of anilines is 3. The molecule has 4 aliphatic carbocycles. The highest BCUT2D eigenvalue weighted by molar-refractivity contribution is 5.98. The minimum atomic E-state index is -0.429. The summed E-state index contributed by atoms with van der Waals surface area (Å²) in [5, 5.41) is 0. The summed E-state index contributed by atoms with van der Waals surface area (Å²) in [4.78, 5) is 2.54. The highest BCUT2D eigenvalue weighted by Gasteiger charge is 2.52.